The molecule has 4 rings (SSSR count). The lowest BCUT2D eigenvalue weighted by Crippen LogP contribution is -2.53. The zero-order chi connectivity index (χ0) is 22.9. The third-order valence-electron chi connectivity index (χ3n) is 6.23. The van der Waals surface area contributed by atoms with Crippen LogP contribution in [0.2, 0.25) is 0 Å². The SMILES string of the molecule is CNC(=O)C1CN(CC2=C(C)c3ccc(OCc4cc(C(F)(F)F)ccn4)cc3CC2)C1. The molecule has 1 N–H and O–H groups in total. The third kappa shape index (κ3) is 4.80. The van der Waals surface area contributed by atoms with E-state index in [1.165, 1.54) is 22.3 Å². The maximum Gasteiger partial charge on any atom is 0.416 e. The summed E-state index contributed by atoms with van der Waals surface area (Å²) in [5, 5.41) is 2.70. The number of ether oxygens (including phenoxy) is 1. The number of amides is 1. The molecule has 2 aromatic rings. The Hall–Kier alpha value is -2.87. The number of aryl methyl sites for hydroxylation is 1. The number of carbonyl (C=O) groups excluding carboxylic acids is 1. The van der Waals surface area contributed by atoms with Gasteiger partial charge in [0.2, 0.25) is 5.91 Å². The molecule has 1 aliphatic carbocycles. The molecular formula is C24H26F3N3O2. The van der Waals surface area contributed by atoms with E-state index in [4.69, 9.17) is 4.74 Å². The molecule has 0 bridgehead atoms. The van der Waals surface area contributed by atoms with Gasteiger partial charge in [-0.3, -0.25) is 14.7 Å². The van der Waals surface area contributed by atoms with Crippen LogP contribution in [0.1, 0.15) is 35.7 Å². The van der Waals surface area contributed by atoms with E-state index in [1.807, 2.05) is 18.2 Å². The van der Waals surface area contributed by atoms with E-state index in [0.29, 0.717) is 5.75 Å². The minimum Gasteiger partial charge on any atom is -0.487 e. The number of allylic oxidation sites excluding steroid dienone is 1. The van der Waals surface area contributed by atoms with Crippen LogP contribution in [0, 0.1) is 5.92 Å². The van der Waals surface area contributed by atoms with E-state index in [-0.39, 0.29) is 24.1 Å². The minimum atomic E-state index is -4.40. The van der Waals surface area contributed by atoms with E-state index in [1.54, 1.807) is 7.05 Å². The Morgan fingerprint density at radius 3 is 2.72 bits per heavy atom. The summed E-state index contributed by atoms with van der Waals surface area (Å²) < 4.78 is 44.3. The van der Waals surface area contributed by atoms with Crippen molar-refractivity contribution < 1.29 is 22.7 Å². The molecule has 5 nitrogen and oxygen atoms in total. The molecule has 32 heavy (non-hydrogen) atoms. The van der Waals surface area contributed by atoms with Crippen molar-refractivity contribution in [1.29, 1.82) is 0 Å². The first-order valence-corrected chi connectivity index (χ1v) is 10.7. The number of hydrogen-bond donors (Lipinski definition) is 1. The molecule has 170 valence electrons. The Labute approximate surface area is 185 Å². The van der Waals surface area contributed by atoms with Crippen molar-refractivity contribution >= 4 is 11.5 Å². The molecule has 1 aromatic carbocycles. The van der Waals surface area contributed by atoms with Gasteiger partial charge < -0.3 is 10.1 Å². The summed E-state index contributed by atoms with van der Waals surface area (Å²) in [5.41, 5.74) is 4.50. The molecule has 1 amide bonds. The molecule has 1 saturated heterocycles. The van der Waals surface area contributed by atoms with Crippen LogP contribution < -0.4 is 10.1 Å². The highest BCUT2D eigenvalue weighted by Gasteiger charge is 2.33. The topological polar surface area (TPSA) is 54.5 Å². The number of likely N-dealkylation sites (tertiary alicyclic amines) is 1. The molecule has 1 aromatic heterocycles. The number of aromatic nitrogens is 1. The number of fused-ring (bicyclic) bond motifs is 1. The van der Waals surface area contributed by atoms with E-state index in [0.717, 1.165) is 50.8 Å². The Morgan fingerprint density at radius 2 is 2.00 bits per heavy atom. The van der Waals surface area contributed by atoms with Crippen LogP contribution in [0.4, 0.5) is 13.2 Å². The highest BCUT2D eigenvalue weighted by atomic mass is 19.4. The summed E-state index contributed by atoms with van der Waals surface area (Å²) in [4.78, 5) is 18.0. The maximum absolute atomic E-state index is 12.9. The van der Waals surface area contributed by atoms with Gasteiger partial charge in [0, 0.05) is 32.9 Å². The van der Waals surface area contributed by atoms with Crippen molar-refractivity contribution in [3.8, 4) is 5.75 Å². The number of carbonyl (C=O) groups is 1. The summed E-state index contributed by atoms with van der Waals surface area (Å²) in [6.45, 7) is 4.55. The van der Waals surface area contributed by atoms with Crippen molar-refractivity contribution in [2.24, 2.45) is 5.92 Å². The third-order valence-corrected chi connectivity index (χ3v) is 6.23. The van der Waals surface area contributed by atoms with E-state index in [9.17, 15) is 18.0 Å². The number of pyridine rings is 1. The first kappa shape index (κ1) is 22.3. The number of rotatable bonds is 6. The monoisotopic (exact) mass is 445 g/mol. The Kier molecular flexibility index (Phi) is 6.24. The molecule has 0 unspecified atom stereocenters. The van der Waals surface area contributed by atoms with Crippen LogP contribution >= 0.6 is 0 Å². The zero-order valence-electron chi connectivity index (χ0n) is 18.1. The quantitative estimate of drug-likeness (QED) is 0.728. The van der Waals surface area contributed by atoms with Crippen molar-refractivity contribution in [3.63, 3.8) is 0 Å². The van der Waals surface area contributed by atoms with Crippen molar-refractivity contribution in [2.45, 2.75) is 32.5 Å². The molecule has 8 heteroatoms. The van der Waals surface area contributed by atoms with Gasteiger partial charge in [-0.25, -0.2) is 0 Å². The molecule has 0 radical (unpaired) electrons. The van der Waals surface area contributed by atoms with Gasteiger partial charge in [-0.05, 0) is 60.7 Å². The van der Waals surface area contributed by atoms with Gasteiger partial charge >= 0.3 is 6.18 Å². The lowest BCUT2D eigenvalue weighted by atomic mass is 9.85. The fraction of sp³-hybridized carbons (Fsp3) is 0.417. The average molecular weight is 445 g/mol. The van der Waals surface area contributed by atoms with Crippen LogP contribution in [0.3, 0.4) is 0 Å². The average Bonchev–Trinajstić information content (AvgIpc) is 2.75. The first-order valence-electron chi connectivity index (χ1n) is 10.7. The van der Waals surface area contributed by atoms with Gasteiger partial charge in [0.1, 0.15) is 12.4 Å². The molecule has 2 heterocycles. The number of nitrogens with one attached hydrogen (secondary N) is 1. The Balaban J connectivity index is 1.39. The lowest BCUT2D eigenvalue weighted by Gasteiger charge is -2.39. The summed E-state index contributed by atoms with van der Waals surface area (Å²) in [7, 11) is 1.67. The second-order valence-corrected chi connectivity index (χ2v) is 8.38. The highest BCUT2D eigenvalue weighted by molar-refractivity contribution is 5.79. The van der Waals surface area contributed by atoms with Gasteiger partial charge in [0.25, 0.3) is 0 Å². The van der Waals surface area contributed by atoms with Crippen molar-refractivity contribution in [2.75, 3.05) is 26.7 Å². The fourth-order valence-corrected chi connectivity index (χ4v) is 4.32. The van der Waals surface area contributed by atoms with Crippen LogP contribution in [0.5, 0.6) is 5.75 Å². The van der Waals surface area contributed by atoms with Gasteiger partial charge in [0.05, 0.1) is 17.2 Å². The Morgan fingerprint density at radius 1 is 1.22 bits per heavy atom. The van der Waals surface area contributed by atoms with Crippen LogP contribution in [-0.4, -0.2) is 42.5 Å². The predicted molar refractivity (Wildman–Crippen MR) is 115 cm³/mol. The lowest BCUT2D eigenvalue weighted by molar-refractivity contribution is -0.137. The highest BCUT2D eigenvalue weighted by Crippen LogP contribution is 2.35. The van der Waals surface area contributed by atoms with Crippen molar-refractivity contribution in [3.05, 3.63) is 64.5 Å². The van der Waals surface area contributed by atoms with Crippen LogP contribution in [0.25, 0.3) is 5.57 Å². The summed E-state index contributed by atoms with van der Waals surface area (Å²) in [6.07, 6.45) is -1.42. The van der Waals surface area contributed by atoms with E-state index >= 15 is 0 Å². The summed E-state index contributed by atoms with van der Waals surface area (Å²) in [5.74, 6) is 0.812. The van der Waals surface area contributed by atoms with Gasteiger partial charge in [-0.1, -0.05) is 11.6 Å². The second kappa shape index (κ2) is 8.94. The van der Waals surface area contributed by atoms with E-state index in [2.05, 4.69) is 22.1 Å². The van der Waals surface area contributed by atoms with Crippen LogP contribution in [0.15, 0.2) is 42.1 Å². The molecule has 1 fully saturated rings. The van der Waals surface area contributed by atoms with Gasteiger partial charge in [0.15, 0.2) is 0 Å². The molecule has 0 atom stereocenters. The van der Waals surface area contributed by atoms with Crippen molar-refractivity contribution in [1.82, 2.24) is 15.2 Å². The summed E-state index contributed by atoms with van der Waals surface area (Å²) in [6, 6.07) is 7.80. The maximum atomic E-state index is 12.9. The normalized spacial score (nSPS) is 17.0. The number of hydrogen-bond acceptors (Lipinski definition) is 4. The molecule has 2 aliphatic rings. The van der Waals surface area contributed by atoms with Crippen LogP contribution in [-0.2, 0) is 24.0 Å². The largest absolute Gasteiger partial charge is 0.487 e. The Bertz CT molecular complexity index is 1040. The standard InChI is InChI=1S/C24H26F3N3O2/c1-15-17(11-30-12-18(13-30)23(31)28-2)4-3-16-9-21(5-6-22(15)16)32-14-20-10-19(7-8-29-20)24(25,26)27/h5-10,18H,3-4,11-14H2,1-2H3,(H,28,31). The summed E-state index contributed by atoms with van der Waals surface area (Å²) >= 11 is 0. The number of nitrogens with zero attached hydrogens (tertiary/aromatic N) is 2. The second-order valence-electron chi connectivity index (χ2n) is 8.38. The molecular weight excluding hydrogens is 419 g/mol. The number of alkyl halides is 3. The van der Waals surface area contributed by atoms with Gasteiger partial charge in [-0.2, -0.15) is 13.2 Å². The number of benzene rings is 1. The number of halogens is 3. The van der Waals surface area contributed by atoms with E-state index < -0.39 is 11.7 Å². The van der Waals surface area contributed by atoms with Gasteiger partial charge in [-0.15, -0.1) is 0 Å². The minimum absolute atomic E-state index is 0.0236. The fourth-order valence-electron chi connectivity index (χ4n) is 4.32. The molecule has 0 spiro atoms. The molecule has 1 aliphatic heterocycles. The zero-order valence-corrected chi connectivity index (χ0v) is 18.1. The predicted octanol–water partition coefficient (Wildman–Crippen LogP) is 4.08. The first-order chi connectivity index (χ1) is 15.2. The smallest absolute Gasteiger partial charge is 0.416 e. The molecule has 0 saturated carbocycles.